The number of amides is 1. The Morgan fingerprint density at radius 2 is 1.86 bits per heavy atom. The zero-order chi connectivity index (χ0) is 21.8. The van der Waals surface area contributed by atoms with E-state index in [0.29, 0.717) is 10.2 Å². The van der Waals surface area contributed by atoms with Crippen molar-refractivity contribution in [1.29, 1.82) is 0 Å². The lowest BCUT2D eigenvalue weighted by Gasteiger charge is -2.17. The van der Waals surface area contributed by atoms with E-state index in [1.807, 2.05) is 13.0 Å². The van der Waals surface area contributed by atoms with E-state index in [-0.39, 0.29) is 24.3 Å². The quantitative estimate of drug-likeness (QED) is 0.391. The summed E-state index contributed by atoms with van der Waals surface area (Å²) in [5.41, 5.74) is 0.193. The van der Waals surface area contributed by atoms with Crippen LogP contribution in [0.2, 0.25) is 0 Å². The number of rotatable bonds is 11. The minimum Gasteiger partial charge on any atom is -0.498 e. The molecule has 1 N–H and O–H groups in total. The molecule has 0 heterocycles. The summed E-state index contributed by atoms with van der Waals surface area (Å²) in [6.07, 6.45) is 3.37. The first kappa shape index (κ1) is 24.5. The van der Waals surface area contributed by atoms with E-state index in [1.54, 1.807) is 25.3 Å². The van der Waals surface area contributed by atoms with Crippen LogP contribution in [0.4, 0.5) is 0 Å². The summed E-state index contributed by atoms with van der Waals surface area (Å²) < 4.78 is 21.0. The fourth-order valence-electron chi connectivity index (χ4n) is 2.28. The SMILES string of the molecule is CCC/C=C(/COc1cc(Br)ccc1C(=O)NC(CC(=O)OC)C(=O)OC)OC. The fourth-order valence-corrected chi connectivity index (χ4v) is 2.62. The number of carbonyl (C=O) groups excluding carboxylic acids is 3. The maximum Gasteiger partial charge on any atom is 0.328 e. The van der Waals surface area contributed by atoms with Crippen molar-refractivity contribution in [3.63, 3.8) is 0 Å². The van der Waals surface area contributed by atoms with Crippen LogP contribution in [0.5, 0.6) is 5.75 Å². The van der Waals surface area contributed by atoms with Gasteiger partial charge in [0.2, 0.25) is 0 Å². The topological polar surface area (TPSA) is 100 Å². The third-order valence-corrected chi connectivity index (χ3v) is 4.36. The normalized spacial score (nSPS) is 12.0. The van der Waals surface area contributed by atoms with Crippen LogP contribution in [-0.2, 0) is 23.8 Å². The van der Waals surface area contributed by atoms with Crippen molar-refractivity contribution in [1.82, 2.24) is 5.32 Å². The van der Waals surface area contributed by atoms with Crippen LogP contribution in [0.15, 0.2) is 34.5 Å². The highest BCUT2D eigenvalue weighted by atomic mass is 79.9. The summed E-state index contributed by atoms with van der Waals surface area (Å²) in [7, 11) is 3.91. The van der Waals surface area contributed by atoms with Gasteiger partial charge in [-0.25, -0.2) is 4.79 Å². The molecule has 160 valence electrons. The van der Waals surface area contributed by atoms with E-state index >= 15 is 0 Å². The van der Waals surface area contributed by atoms with E-state index in [9.17, 15) is 14.4 Å². The lowest BCUT2D eigenvalue weighted by Crippen LogP contribution is -2.43. The van der Waals surface area contributed by atoms with Gasteiger partial charge in [0.25, 0.3) is 5.91 Å². The van der Waals surface area contributed by atoms with Gasteiger partial charge in [-0.15, -0.1) is 0 Å². The standard InChI is InChI=1S/C20H26BrNO7/c1-5-6-7-14(26-2)12-29-17-10-13(21)8-9-15(17)19(24)22-16(20(25)28-4)11-18(23)27-3/h7-10,16H,5-6,11-12H2,1-4H3,(H,22,24)/b14-7-. The Morgan fingerprint density at radius 1 is 1.14 bits per heavy atom. The lowest BCUT2D eigenvalue weighted by molar-refractivity contribution is -0.149. The Labute approximate surface area is 178 Å². The van der Waals surface area contributed by atoms with Crippen LogP contribution < -0.4 is 10.1 Å². The highest BCUT2D eigenvalue weighted by molar-refractivity contribution is 9.10. The molecule has 9 heteroatoms. The number of unbranched alkanes of at least 4 members (excludes halogenated alkanes) is 1. The first-order valence-electron chi connectivity index (χ1n) is 8.97. The number of hydrogen-bond acceptors (Lipinski definition) is 7. The molecule has 1 atom stereocenters. The van der Waals surface area contributed by atoms with Crippen molar-refractivity contribution in [2.75, 3.05) is 27.9 Å². The van der Waals surface area contributed by atoms with E-state index in [1.165, 1.54) is 14.2 Å². The number of hydrogen-bond donors (Lipinski definition) is 1. The molecule has 29 heavy (non-hydrogen) atoms. The highest BCUT2D eigenvalue weighted by Crippen LogP contribution is 2.25. The number of halogens is 1. The zero-order valence-electron chi connectivity index (χ0n) is 17.0. The van der Waals surface area contributed by atoms with Crippen molar-refractivity contribution in [2.24, 2.45) is 0 Å². The largest absolute Gasteiger partial charge is 0.498 e. The van der Waals surface area contributed by atoms with Gasteiger partial charge < -0.3 is 24.3 Å². The first-order valence-corrected chi connectivity index (χ1v) is 9.76. The van der Waals surface area contributed by atoms with Gasteiger partial charge >= 0.3 is 11.9 Å². The van der Waals surface area contributed by atoms with Crippen LogP contribution >= 0.6 is 15.9 Å². The second kappa shape index (κ2) is 12.8. The van der Waals surface area contributed by atoms with Gasteiger partial charge in [-0.3, -0.25) is 9.59 Å². The molecule has 0 radical (unpaired) electrons. The summed E-state index contributed by atoms with van der Waals surface area (Å²) in [5.74, 6) is -1.08. The van der Waals surface area contributed by atoms with Gasteiger partial charge in [0.1, 0.15) is 24.2 Å². The van der Waals surface area contributed by atoms with Crippen LogP contribution in [0.1, 0.15) is 36.5 Å². The Bertz CT molecular complexity index is 748. The molecule has 0 aliphatic carbocycles. The summed E-state index contributed by atoms with van der Waals surface area (Å²) in [5, 5.41) is 2.49. The highest BCUT2D eigenvalue weighted by Gasteiger charge is 2.27. The number of methoxy groups -OCH3 is 3. The Kier molecular flexibility index (Phi) is 10.8. The molecule has 0 aliphatic heterocycles. The van der Waals surface area contributed by atoms with Gasteiger partial charge in [-0.05, 0) is 30.7 Å². The summed E-state index contributed by atoms with van der Waals surface area (Å²) in [6, 6.07) is 3.66. The van der Waals surface area contributed by atoms with Gasteiger partial charge in [0.15, 0.2) is 0 Å². The molecule has 1 rings (SSSR count). The zero-order valence-corrected chi connectivity index (χ0v) is 18.5. The molecule has 0 bridgehead atoms. The monoisotopic (exact) mass is 471 g/mol. The average molecular weight is 472 g/mol. The third-order valence-electron chi connectivity index (χ3n) is 3.87. The maximum atomic E-state index is 12.8. The van der Waals surface area contributed by atoms with Gasteiger partial charge in [-0.1, -0.05) is 29.3 Å². The van der Waals surface area contributed by atoms with Crippen molar-refractivity contribution >= 4 is 33.8 Å². The molecule has 1 aromatic carbocycles. The molecule has 0 saturated carbocycles. The number of benzene rings is 1. The number of carbonyl (C=O) groups is 3. The van der Waals surface area contributed by atoms with Crippen molar-refractivity contribution in [2.45, 2.75) is 32.2 Å². The van der Waals surface area contributed by atoms with Crippen molar-refractivity contribution < 1.29 is 33.3 Å². The van der Waals surface area contributed by atoms with E-state index in [4.69, 9.17) is 9.47 Å². The average Bonchev–Trinajstić information content (AvgIpc) is 2.72. The number of allylic oxidation sites excluding steroid dienone is 1. The molecule has 0 spiro atoms. The number of ether oxygens (including phenoxy) is 4. The molecular weight excluding hydrogens is 446 g/mol. The predicted molar refractivity (Wildman–Crippen MR) is 110 cm³/mol. The van der Waals surface area contributed by atoms with E-state index < -0.39 is 23.9 Å². The molecule has 8 nitrogen and oxygen atoms in total. The lowest BCUT2D eigenvalue weighted by atomic mass is 10.1. The molecule has 0 saturated heterocycles. The van der Waals surface area contributed by atoms with Crippen LogP contribution in [0.25, 0.3) is 0 Å². The number of nitrogens with one attached hydrogen (secondary N) is 1. The maximum absolute atomic E-state index is 12.8. The Hall–Kier alpha value is -2.55. The second-order valence-electron chi connectivity index (χ2n) is 5.92. The van der Waals surface area contributed by atoms with Crippen molar-refractivity contribution in [3.05, 3.63) is 40.1 Å². The minimum absolute atomic E-state index is 0.135. The molecule has 0 fully saturated rings. The van der Waals surface area contributed by atoms with Gasteiger partial charge in [-0.2, -0.15) is 0 Å². The molecule has 0 aliphatic rings. The minimum atomic E-state index is -1.18. The Balaban J connectivity index is 3.02. The number of esters is 2. The third kappa shape index (κ3) is 8.15. The van der Waals surface area contributed by atoms with E-state index in [0.717, 1.165) is 12.8 Å². The van der Waals surface area contributed by atoms with Gasteiger partial charge in [0, 0.05) is 4.47 Å². The molecule has 1 amide bonds. The smallest absolute Gasteiger partial charge is 0.328 e. The molecule has 1 unspecified atom stereocenters. The first-order chi connectivity index (χ1) is 13.9. The van der Waals surface area contributed by atoms with Crippen LogP contribution in [0, 0.1) is 0 Å². The predicted octanol–water partition coefficient (Wildman–Crippen LogP) is 2.99. The molecule has 0 aromatic heterocycles. The van der Waals surface area contributed by atoms with Crippen LogP contribution in [-0.4, -0.2) is 51.8 Å². The van der Waals surface area contributed by atoms with Gasteiger partial charge in [0.05, 0.1) is 33.3 Å². The summed E-state index contributed by atoms with van der Waals surface area (Å²) >= 11 is 3.35. The fraction of sp³-hybridized carbons (Fsp3) is 0.450. The summed E-state index contributed by atoms with van der Waals surface area (Å²) in [4.78, 5) is 36.2. The summed E-state index contributed by atoms with van der Waals surface area (Å²) in [6.45, 7) is 2.18. The Morgan fingerprint density at radius 3 is 2.45 bits per heavy atom. The molecular formula is C20H26BrNO7. The van der Waals surface area contributed by atoms with Crippen molar-refractivity contribution in [3.8, 4) is 5.75 Å². The van der Waals surface area contributed by atoms with Crippen LogP contribution in [0.3, 0.4) is 0 Å². The van der Waals surface area contributed by atoms with E-state index in [2.05, 4.69) is 30.7 Å². The molecule has 1 aromatic rings. The second-order valence-corrected chi connectivity index (χ2v) is 6.84.